The van der Waals surface area contributed by atoms with E-state index in [2.05, 4.69) is 16.5 Å². The van der Waals surface area contributed by atoms with Gasteiger partial charge < -0.3 is 14.4 Å². The largest absolute Gasteiger partial charge is 0.492 e. The van der Waals surface area contributed by atoms with Crippen LogP contribution in [0, 0.1) is 0 Å². The molecule has 0 spiro atoms. The van der Waals surface area contributed by atoms with Crippen LogP contribution in [-0.2, 0) is 6.54 Å². The molecule has 1 N–H and O–H groups in total. The van der Waals surface area contributed by atoms with Gasteiger partial charge in [-0.1, -0.05) is 43.7 Å². The van der Waals surface area contributed by atoms with E-state index in [0.29, 0.717) is 19.6 Å². The zero-order chi connectivity index (χ0) is 16.1. The summed E-state index contributed by atoms with van der Waals surface area (Å²) in [4.78, 5) is 4.61. The van der Waals surface area contributed by atoms with Crippen molar-refractivity contribution in [2.45, 2.75) is 32.4 Å². The van der Waals surface area contributed by atoms with Crippen molar-refractivity contribution in [3.63, 3.8) is 0 Å². The number of ether oxygens (including phenoxy) is 1. The normalized spacial score (nSPS) is 12.4. The van der Waals surface area contributed by atoms with Gasteiger partial charge in [0.15, 0.2) is 0 Å². The third kappa shape index (κ3) is 3.54. The molecule has 0 aliphatic carbocycles. The van der Waals surface area contributed by atoms with Crippen molar-refractivity contribution in [2.24, 2.45) is 0 Å². The number of rotatable bonds is 7. The van der Waals surface area contributed by atoms with E-state index in [4.69, 9.17) is 4.74 Å². The van der Waals surface area contributed by atoms with E-state index >= 15 is 0 Å². The summed E-state index contributed by atoms with van der Waals surface area (Å²) in [5.74, 6) is 1.58. The Labute approximate surface area is 136 Å². The van der Waals surface area contributed by atoms with E-state index in [1.807, 2.05) is 54.6 Å². The van der Waals surface area contributed by atoms with E-state index in [1.54, 1.807) is 0 Å². The Morgan fingerprint density at radius 1 is 1.09 bits per heavy atom. The zero-order valence-electron chi connectivity index (χ0n) is 13.4. The van der Waals surface area contributed by atoms with E-state index in [9.17, 15) is 5.11 Å². The summed E-state index contributed by atoms with van der Waals surface area (Å²) in [6, 6.07) is 17.7. The Bertz CT molecular complexity index is 752. The van der Waals surface area contributed by atoms with Crippen LogP contribution >= 0.6 is 0 Å². The molecule has 0 aliphatic heterocycles. The molecule has 4 heteroatoms. The molecule has 0 aliphatic rings. The molecule has 1 atom stereocenters. The molecule has 1 aromatic heterocycles. The lowest BCUT2D eigenvalue weighted by atomic mass is 10.2. The number of aliphatic hydroxyl groups is 1. The molecule has 2 aromatic carbocycles. The number of para-hydroxylation sites is 3. The molecule has 120 valence electrons. The van der Waals surface area contributed by atoms with Crippen molar-refractivity contribution in [3.8, 4) is 5.75 Å². The molecule has 0 radical (unpaired) electrons. The van der Waals surface area contributed by atoms with Gasteiger partial charge in [-0.25, -0.2) is 4.98 Å². The maximum Gasteiger partial charge on any atom is 0.138 e. The van der Waals surface area contributed by atoms with Gasteiger partial charge in [-0.3, -0.25) is 0 Å². The summed E-state index contributed by atoms with van der Waals surface area (Å²) in [5.41, 5.74) is 1.95. The molecule has 23 heavy (non-hydrogen) atoms. The maximum atomic E-state index is 10.4. The summed E-state index contributed by atoms with van der Waals surface area (Å²) in [6.45, 7) is 3.26. The number of hydrogen-bond donors (Lipinski definition) is 1. The summed E-state index contributed by atoms with van der Waals surface area (Å²) in [6.07, 6.45) is 1.09. The molecular formula is C19H22N2O2. The molecule has 0 saturated carbocycles. The van der Waals surface area contributed by atoms with Crippen molar-refractivity contribution >= 4 is 11.0 Å². The van der Waals surface area contributed by atoms with Gasteiger partial charge in [0.05, 0.1) is 17.6 Å². The quantitative estimate of drug-likeness (QED) is 0.719. The molecule has 4 nitrogen and oxygen atoms in total. The molecule has 0 amide bonds. The third-order valence-electron chi connectivity index (χ3n) is 3.87. The van der Waals surface area contributed by atoms with Gasteiger partial charge in [-0.15, -0.1) is 0 Å². The second-order valence-corrected chi connectivity index (χ2v) is 5.58. The van der Waals surface area contributed by atoms with E-state index < -0.39 is 6.10 Å². The van der Waals surface area contributed by atoms with Gasteiger partial charge in [-0.2, -0.15) is 0 Å². The molecule has 3 aromatic rings. The monoisotopic (exact) mass is 310 g/mol. The van der Waals surface area contributed by atoms with Crippen molar-refractivity contribution in [1.82, 2.24) is 9.55 Å². The van der Waals surface area contributed by atoms with Crippen LogP contribution in [0.4, 0.5) is 0 Å². The molecule has 1 heterocycles. The van der Waals surface area contributed by atoms with Crippen LogP contribution in [0.1, 0.15) is 31.7 Å². The first-order valence-corrected chi connectivity index (χ1v) is 8.10. The van der Waals surface area contributed by atoms with Crippen LogP contribution < -0.4 is 4.74 Å². The van der Waals surface area contributed by atoms with Gasteiger partial charge in [0, 0.05) is 0 Å². The SMILES string of the molecule is CCC[C@H](O)c1nc2ccccc2n1CCOc1ccccc1. The van der Waals surface area contributed by atoms with Crippen LogP contribution in [0.3, 0.4) is 0 Å². The van der Waals surface area contributed by atoms with Gasteiger partial charge in [-0.05, 0) is 30.7 Å². The Morgan fingerprint density at radius 2 is 1.83 bits per heavy atom. The number of benzene rings is 2. The number of aromatic nitrogens is 2. The highest BCUT2D eigenvalue weighted by molar-refractivity contribution is 5.76. The number of fused-ring (bicyclic) bond motifs is 1. The lowest BCUT2D eigenvalue weighted by Crippen LogP contribution is -2.14. The Kier molecular flexibility index (Phi) is 4.93. The third-order valence-corrected chi connectivity index (χ3v) is 3.87. The molecule has 0 bridgehead atoms. The first-order valence-electron chi connectivity index (χ1n) is 8.10. The van der Waals surface area contributed by atoms with Crippen LogP contribution in [0.25, 0.3) is 11.0 Å². The molecular weight excluding hydrogens is 288 g/mol. The summed E-state index contributed by atoms with van der Waals surface area (Å²) < 4.78 is 7.86. The smallest absolute Gasteiger partial charge is 0.138 e. The maximum absolute atomic E-state index is 10.4. The standard InChI is InChI=1S/C19H22N2O2/c1-2-8-18(22)19-20-16-11-6-7-12-17(16)21(19)13-14-23-15-9-4-3-5-10-15/h3-7,9-12,18,22H,2,8,13-14H2,1H3/t18-/m0/s1. The lowest BCUT2D eigenvalue weighted by molar-refractivity contribution is 0.151. The number of aliphatic hydroxyl groups excluding tert-OH is 1. The average molecular weight is 310 g/mol. The summed E-state index contributed by atoms with van der Waals surface area (Å²) in [7, 11) is 0. The van der Waals surface area contributed by atoms with Gasteiger partial charge in [0.2, 0.25) is 0 Å². The second kappa shape index (κ2) is 7.29. The predicted octanol–water partition coefficient (Wildman–Crippen LogP) is 3.95. The first-order chi connectivity index (χ1) is 11.3. The molecule has 0 unspecified atom stereocenters. The predicted molar refractivity (Wildman–Crippen MR) is 91.5 cm³/mol. The van der Waals surface area contributed by atoms with Crippen LogP contribution in [0.5, 0.6) is 5.75 Å². The van der Waals surface area contributed by atoms with Crippen molar-refractivity contribution < 1.29 is 9.84 Å². The van der Waals surface area contributed by atoms with E-state index in [0.717, 1.165) is 29.0 Å². The summed E-state index contributed by atoms with van der Waals surface area (Å²) in [5, 5.41) is 10.4. The fourth-order valence-corrected chi connectivity index (χ4v) is 2.76. The minimum atomic E-state index is -0.538. The fourth-order valence-electron chi connectivity index (χ4n) is 2.76. The van der Waals surface area contributed by atoms with E-state index in [1.165, 1.54) is 0 Å². The Balaban J connectivity index is 1.81. The number of nitrogens with zero attached hydrogens (tertiary/aromatic N) is 2. The topological polar surface area (TPSA) is 47.3 Å². The van der Waals surface area contributed by atoms with Gasteiger partial charge in [0.25, 0.3) is 0 Å². The van der Waals surface area contributed by atoms with Crippen LogP contribution in [0.15, 0.2) is 54.6 Å². The molecule has 0 fully saturated rings. The van der Waals surface area contributed by atoms with Crippen molar-refractivity contribution in [3.05, 3.63) is 60.4 Å². The zero-order valence-corrected chi connectivity index (χ0v) is 13.4. The van der Waals surface area contributed by atoms with Crippen molar-refractivity contribution in [1.29, 1.82) is 0 Å². The highest BCUT2D eigenvalue weighted by atomic mass is 16.5. The minimum absolute atomic E-state index is 0.538. The first kappa shape index (κ1) is 15.6. The fraction of sp³-hybridized carbons (Fsp3) is 0.316. The van der Waals surface area contributed by atoms with Crippen molar-refractivity contribution in [2.75, 3.05) is 6.61 Å². The van der Waals surface area contributed by atoms with Gasteiger partial charge in [0.1, 0.15) is 24.3 Å². The molecule has 0 saturated heterocycles. The average Bonchev–Trinajstić information content (AvgIpc) is 2.95. The highest BCUT2D eigenvalue weighted by Crippen LogP contribution is 2.23. The molecule has 3 rings (SSSR count). The van der Waals surface area contributed by atoms with Gasteiger partial charge >= 0.3 is 0 Å². The number of imidazole rings is 1. The van der Waals surface area contributed by atoms with Crippen LogP contribution in [0.2, 0.25) is 0 Å². The summed E-state index contributed by atoms with van der Waals surface area (Å²) >= 11 is 0. The Hall–Kier alpha value is -2.33. The Morgan fingerprint density at radius 3 is 2.61 bits per heavy atom. The number of hydrogen-bond acceptors (Lipinski definition) is 3. The second-order valence-electron chi connectivity index (χ2n) is 5.58. The van der Waals surface area contributed by atoms with E-state index in [-0.39, 0.29) is 0 Å². The minimum Gasteiger partial charge on any atom is -0.492 e. The lowest BCUT2D eigenvalue weighted by Gasteiger charge is -2.14. The highest BCUT2D eigenvalue weighted by Gasteiger charge is 2.17. The van der Waals surface area contributed by atoms with Crippen LogP contribution in [-0.4, -0.2) is 21.3 Å².